The minimum Gasteiger partial charge on any atom is -0.504 e. The Kier molecular flexibility index (Phi) is 5.99. The molecule has 0 spiro atoms. The van der Waals surface area contributed by atoms with Crippen molar-refractivity contribution in [2.24, 2.45) is 11.8 Å². The SMILES string of the molecule is COc1ccc(N2C(=O)[C@@H]3[C@H](c4cccc(OC)c4O)N[C@@](Cc4c[nH]c5ccccc45)(C(=O)O)[C@H]3C2=O)cc1. The number of aromatic hydroxyl groups is 1. The van der Waals surface area contributed by atoms with Gasteiger partial charge in [0.1, 0.15) is 11.3 Å². The maximum Gasteiger partial charge on any atom is 0.325 e. The number of amides is 2. The zero-order chi connectivity index (χ0) is 28.2. The van der Waals surface area contributed by atoms with Gasteiger partial charge in [-0.1, -0.05) is 30.3 Å². The molecular formula is C30H27N3O7. The highest BCUT2D eigenvalue weighted by Crippen LogP contribution is 2.53. The van der Waals surface area contributed by atoms with Gasteiger partial charge in [-0.15, -0.1) is 0 Å². The normalized spacial score (nSPS) is 23.9. The largest absolute Gasteiger partial charge is 0.504 e. The number of phenols is 1. The number of nitrogens with zero attached hydrogens (tertiary/aromatic N) is 1. The molecule has 4 N–H and O–H groups in total. The van der Waals surface area contributed by atoms with E-state index < -0.39 is 41.2 Å². The molecule has 0 bridgehead atoms. The number of hydrogen-bond donors (Lipinski definition) is 4. The summed E-state index contributed by atoms with van der Waals surface area (Å²) < 4.78 is 10.5. The molecule has 2 aliphatic heterocycles. The zero-order valence-corrected chi connectivity index (χ0v) is 21.8. The molecule has 2 amide bonds. The van der Waals surface area contributed by atoms with Crippen molar-refractivity contribution in [3.8, 4) is 17.2 Å². The summed E-state index contributed by atoms with van der Waals surface area (Å²) in [5, 5.41) is 25.8. The molecule has 0 radical (unpaired) electrons. The molecular weight excluding hydrogens is 514 g/mol. The van der Waals surface area contributed by atoms with E-state index in [0.29, 0.717) is 17.0 Å². The first-order valence-electron chi connectivity index (χ1n) is 12.7. The van der Waals surface area contributed by atoms with E-state index in [4.69, 9.17) is 9.47 Å². The van der Waals surface area contributed by atoms with Gasteiger partial charge in [0, 0.05) is 35.1 Å². The van der Waals surface area contributed by atoms with E-state index in [1.165, 1.54) is 14.2 Å². The Hall–Kier alpha value is -4.83. The second kappa shape index (κ2) is 9.42. The molecule has 2 aliphatic rings. The average molecular weight is 542 g/mol. The van der Waals surface area contributed by atoms with Crippen LogP contribution in [0.3, 0.4) is 0 Å². The molecule has 10 heteroatoms. The van der Waals surface area contributed by atoms with Gasteiger partial charge in [-0.3, -0.25) is 19.7 Å². The number of rotatable bonds is 7. The summed E-state index contributed by atoms with van der Waals surface area (Å²) in [5.41, 5.74) is 0.231. The van der Waals surface area contributed by atoms with Crippen molar-refractivity contribution in [3.63, 3.8) is 0 Å². The first kappa shape index (κ1) is 25.4. The van der Waals surface area contributed by atoms with Gasteiger partial charge in [0.2, 0.25) is 11.8 Å². The molecule has 3 heterocycles. The van der Waals surface area contributed by atoms with Gasteiger partial charge in [0.05, 0.1) is 31.7 Å². The summed E-state index contributed by atoms with van der Waals surface area (Å²) in [5.74, 6) is -4.32. The number of H-pyrrole nitrogens is 1. The fourth-order valence-electron chi connectivity index (χ4n) is 6.22. The number of ether oxygens (including phenoxy) is 2. The van der Waals surface area contributed by atoms with Crippen molar-refractivity contribution in [3.05, 3.63) is 84.1 Å². The number of carboxylic acids is 1. The number of aromatic nitrogens is 1. The number of nitrogens with one attached hydrogen (secondary N) is 2. The van der Waals surface area contributed by atoms with E-state index in [9.17, 15) is 24.6 Å². The molecule has 1 aromatic heterocycles. The van der Waals surface area contributed by atoms with E-state index in [0.717, 1.165) is 15.8 Å². The van der Waals surface area contributed by atoms with Gasteiger partial charge >= 0.3 is 5.97 Å². The van der Waals surface area contributed by atoms with Crippen LogP contribution in [0.15, 0.2) is 72.9 Å². The predicted molar refractivity (Wildman–Crippen MR) is 145 cm³/mol. The quantitative estimate of drug-likeness (QED) is 0.261. The summed E-state index contributed by atoms with van der Waals surface area (Å²) in [6.07, 6.45) is 1.65. The Labute approximate surface area is 229 Å². The number of fused-ring (bicyclic) bond motifs is 2. The number of aliphatic carboxylic acids is 1. The highest BCUT2D eigenvalue weighted by molar-refractivity contribution is 6.24. The molecule has 4 aromatic rings. The van der Waals surface area contributed by atoms with E-state index in [1.807, 2.05) is 24.3 Å². The van der Waals surface area contributed by atoms with Crippen molar-refractivity contribution in [2.75, 3.05) is 19.1 Å². The van der Waals surface area contributed by atoms with Crippen LogP contribution in [-0.2, 0) is 20.8 Å². The Morgan fingerprint density at radius 2 is 1.73 bits per heavy atom. The number of aromatic amines is 1. The summed E-state index contributed by atoms with van der Waals surface area (Å²) >= 11 is 0. The van der Waals surface area contributed by atoms with Gasteiger partial charge in [-0.25, -0.2) is 4.90 Å². The number of carbonyl (C=O) groups is 3. The smallest absolute Gasteiger partial charge is 0.325 e. The molecule has 0 saturated carbocycles. The topological polar surface area (TPSA) is 141 Å². The molecule has 2 fully saturated rings. The maximum absolute atomic E-state index is 14.1. The van der Waals surface area contributed by atoms with Crippen molar-refractivity contribution in [1.82, 2.24) is 10.3 Å². The summed E-state index contributed by atoms with van der Waals surface area (Å²) in [7, 11) is 2.91. The van der Waals surface area contributed by atoms with Crippen LogP contribution in [-0.4, -0.2) is 52.7 Å². The Morgan fingerprint density at radius 3 is 2.42 bits per heavy atom. The third-order valence-corrected chi connectivity index (χ3v) is 8.10. The fraction of sp³-hybridized carbons (Fsp3) is 0.233. The number of carbonyl (C=O) groups excluding carboxylic acids is 2. The lowest BCUT2D eigenvalue weighted by Gasteiger charge is -2.31. The molecule has 40 heavy (non-hydrogen) atoms. The number of para-hydroxylation sites is 2. The number of anilines is 1. The molecule has 3 aromatic carbocycles. The van der Waals surface area contributed by atoms with Gasteiger partial charge in [0.15, 0.2) is 11.5 Å². The summed E-state index contributed by atoms with van der Waals surface area (Å²) in [4.78, 5) is 45.6. The van der Waals surface area contributed by atoms with Crippen molar-refractivity contribution in [2.45, 2.75) is 18.0 Å². The van der Waals surface area contributed by atoms with Gasteiger partial charge in [-0.2, -0.15) is 0 Å². The molecule has 0 aliphatic carbocycles. The van der Waals surface area contributed by atoms with Crippen LogP contribution >= 0.6 is 0 Å². The predicted octanol–water partition coefficient (Wildman–Crippen LogP) is 3.41. The molecule has 6 rings (SSSR count). The highest BCUT2D eigenvalue weighted by atomic mass is 16.5. The second-order valence-electron chi connectivity index (χ2n) is 10.0. The lowest BCUT2D eigenvalue weighted by Crippen LogP contribution is -2.57. The standard InChI is InChI=1S/C30H27N3O7/c1-39-18-12-10-17(11-13-18)33-27(35)23-24(28(33)36)30(29(37)38,14-16-15-31-21-8-4-3-6-19(16)21)32-25(23)20-7-5-9-22(40-2)26(20)34/h3-13,15,23-25,31-32,34H,14H2,1-2H3,(H,37,38)/t23-,24+,25-,30+/m0/s1. The maximum atomic E-state index is 14.1. The van der Waals surface area contributed by atoms with E-state index >= 15 is 0 Å². The van der Waals surface area contributed by atoms with Gasteiger partial charge in [-0.05, 0) is 42.0 Å². The molecule has 2 saturated heterocycles. The van der Waals surface area contributed by atoms with Gasteiger partial charge < -0.3 is 24.7 Å². The second-order valence-corrected chi connectivity index (χ2v) is 10.0. The minimum absolute atomic E-state index is 0.0792. The zero-order valence-electron chi connectivity index (χ0n) is 21.8. The number of carboxylic acid groups (broad SMARTS) is 1. The first-order valence-corrected chi connectivity index (χ1v) is 12.7. The van der Waals surface area contributed by atoms with Gasteiger partial charge in [0.25, 0.3) is 0 Å². The van der Waals surface area contributed by atoms with Crippen LogP contribution in [0, 0.1) is 11.8 Å². The van der Waals surface area contributed by atoms with Crippen LogP contribution in [0.25, 0.3) is 10.9 Å². The Bertz CT molecular complexity index is 1650. The number of imide groups is 1. The summed E-state index contributed by atoms with van der Waals surface area (Å²) in [6, 6.07) is 17.7. The van der Waals surface area contributed by atoms with Crippen molar-refractivity contribution >= 4 is 34.4 Å². The molecule has 4 atom stereocenters. The molecule has 204 valence electrons. The van der Waals surface area contributed by atoms with E-state index in [2.05, 4.69) is 10.3 Å². The van der Waals surface area contributed by atoms with Crippen molar-refractivity contribution < 1.29 is 34.1 Å². The van der Waals surface area contributed by atoms with Crippen LogP contribution in [0.1, 0.15) is 17.2 Å². The van der Waals surface area contributed by atoms with E-state index in [-0.39, 0.29) is 23.5 Å². The Morgan fingerprint density at radius 1 is 0.975 bits per heavy atom. The fourth-order valence-corrected chi connectivity index (χ4v) is 6.22. The molecule has 0 unspecified atom stereocenters. The Balaban J connectivity index is 1.52. The third kappa shape index (κ3) is 3.64. The average Bonchev–Trinajstić information content (AvgIpc) is 3.61. The minimum atomic E-state index is -1.86. The van der Waals surface area contributed by atoms with Crippen molar-refractivity contribution in [1.29, 1.82) is 0 Å². The van der Waals surface area contributed by atoms with Crippen LogP contribution in [0.2, 0.25) is 0 Å². The molecule has 10 nitrogen and oxygen atoms in total. The number of phenolic OH excluding ortho intramolecular Hbond substituents is 1. The third-order valence-electron chi connectivity index (χ3n) is 8.10. The number of benzene rings is 3. The number of hydrogen-bond acceptors (Lipinski definition) is 7. The number of methoxy groups -OCH3 is 2. The lowest BCUT2D eigenvalue weighted by atomic mass is 9.76. The summed E-state index contributed by atoms with van der Waals surface area (Å²) in [6.45, 7) is 0. The monoisotopic (exact) mass is 541 g/mol. The lowest BCUT2D eigenvalue weighted by molar-refractivity contribution is -0.148. The van der Waals surface area contributed by atoms with E-state index in [1.54, 1.807) is 48.7 Å². The highest BCUT2D eigenvalue weighted by Gasteiger charge is 2.69. The first-order chi connectivity index (χ1) is 19.3. The van der Waals surface area contributed by atoms with Crippen LogP contribution in [0.4, 0.5) is 5.69 Å². The van der Waals surface area contributed by atoms with Crippen LogP contribution < -0.4 is 19.7 Å². The van der Waals surface area contributed by atoms with Crippen LogP contribution in [0.5, 0.6) is 17.2 Å².